The summed E-state index contributed by atoms with van der Waals surface area (Å²) in [6.45, 7) is 0. The summed E-state index contributed by atoms with van der Waals surface area (Å²) in [4.78, 5) is 12.0. The molecule has 0 spiro atoms. The van der Waals surface area contributed by atoms with Crippen LogP contribution in [0.25, 0.3) is 16.3 Å². The molecule has 2 heterocycles. The fourth-order valence-electron chi connectivity index (χ4n) is 1.92. The van der Waals surface area contributed by atoms with E-state index in [1.807, 2.05) is 12.1 Å². The van der Waals surface area contributed by atoms with Crippen molar-refractivity contribution in [2.24, 2.45) is 0 Å². The molecule has 3 rings (SSSR count). The van der Waals surface area contributed by atoms with Crippen molar-refractivity contribution in [3.8, 4) is 16.3 Å². The summed E-state index contributed by atoms with van der Waals surface area (Å²) in [5.74, 6) is -1.09. The van der Waals surface area contributed by atoms with Gasteiger partial charge >= 0.3 is 5.97 Å². The highest BCUT2D eigenvalue weighted by molar-refractivity contribution is 7.19. The van der Waals surface area contributed by atoms with Crippen molar-refractivity contribution in [1.82, 2.24) is 9.78 Å². The number of hydrogen-bond acceptors (Lipinski definition) is 3. The molecule has 0 fully saturated rings. The number of carboxylic acids is 1. The van der Waals surface area contributed by atoms with E-state index in [-0.39, 0.29) is 5.69 Å². The molecule has 0 amide bonds. The minimum atomic E-state index is -1.09. The number of thiophene rings is 1. The number of benzene rings is 1. The lowest BCUT2D eigenvalue weighted by Gasteiger charge is -2.07. The lowest BCUT2D eigenvalue weighted by molar-refractivity contribution is 0.0690. The minimum Gasteiger partial charge on any atom is -0.476 e. The van der Waals surface area contributed by atoms with E-state index < -0.39 is 5.97 Å². The predicted molar refractivity (Wildman–Crippen MR) is 83.9 cm³/mol. The molecule has 21 heavy (non-hydrogen) atoms. The highest BCUT2D eigenvalue weighted by Crippen LogP contribution is 2.34. The Balaban J connectivity index is 2.24. The maximum atomic E-state index is 11.2. The van der Waals surface area contributed by atoms with E-state index in [1.165, 1.54) is 22.1 Å². The molecule has 2 aromatic heterocycles. The Bertz CT molecular complexity index is 826. The molecule has 106 valence electrons. The van der Waals surface area contributed by atoms with Gasteiger partial charge in [0.15, 0.2) is 5.69 Å². The number of para-hydroxylation sites is 1. The highest BCUT2D eigenvalue weighted by Gasteiger charge is 2.18. The summed E-state index contributed by atoms with van der Waals surface area (Å²) in [7, 11) is 0. The largest absolute Gasteiger partial charge is 0.476 e. The first-order chi connectivity index (χ1) is 10.1. The molecule has 0 bridgehead atoms. The van der Waals surface area contributed by atoms with Crippen LogP contribution in [0.1, 0.15) is 10.5 Å². The van der Waals surface area contributed by atoms with Crippen LogP contribution in [0.15, 0.2) is 42.5 Å². The maximum Gasteiger partial charge on any atom is 0.356 e. The fourth-order valence-corrected chi connectivity index (χ4v) is 3.18. The molecule has 0 aliphatic rings. The average Bonchev–Trinajstić information content (AvgIpc) is 3.05. The predicted octanol–water partition coefficient (Wildman–Crippen LogP) is 4.61. The second-order valence-electron chi connectivity index (χ2n) is 4.19. The van der Waals surface area contributed by atoms with E-state index in [2.05, 4.69) is 5.10 Å². The van der Waals surface area contributed by atoms with E-state index in [4.69, 9.17) is 28.3 Å². The quantitative estimate of drug-likeness (QED) is 0.758. The van der Waals surface area contributed by atoms with Gasteiger partial charge in [-0.25, -0.2) is 9.48 Å². The normalized spacial score (nSPS) is 10.8. The molecule has 0 aliphatic carbocycles. The van der Waals surface area contributed by atoms with Gasteiger partial charge in [0.1, 0.15) is 0 Å². The van der Waals surface area contributed by atoms with Gasteiger partial charge in [-0.15, -0.1) is 11.3 Å². The number of carboxylic acid groups (broad SMARTS) is 1. The van der Waals surface area contributed by atoms with Gasteiger partial charge in [0, 0.05) is 6.07 Å². The zero-order chi connectivity index (χ0) is 15.0. The topological polar surface area (TPSA) is 55.1 Å². The SMILES string of the molecule is O=C(O)c1cc(-c2ccc(Cl)s2)n(-c2ccccc2Cl)n1. The first-order valence-electron chi connectivity index (χ1n) is 5.90. The van der Waals surface area contributed by atoms with Gasteiger partial charge in [0.05, 0.1) is 25.6 Å². The summed E-state index contributed by atoms with van der Waals surface area (Å²) >= 11 is 13.5. The molecule has 1 aromatic carbocycles. The lowest BCUT2D eigenvalue weighted by Crippen LogP contribution is -2.02. The summed E-state index contributed by atoms with van der Waals surface area (Å²) in [6, 6.07) is 12.2. The van der Waals surface area contributed by atoms with E-state index in [0.717, 1.165) is 4.88 Å². The van der Waals surface area contributed by atoms with Crippen molar-refractivity contribution >= 4 is 40.5 Å². The van der Waals surface area contributed by atoms with Gasteiger partial charge in [-0.2, -0.15) is 5.10 Å². The van der Waals surface area contributed by atoms with Gasteiger partial charge in [0.25, 0.3) is 0 Å². The van der Waals surface area contributed by atoms with Crippen LogP contribution in [-0.2, 0) is 0 Å². The third-order valence-electron chi connectivity index (χ3n) is 2.83. The minimum absolute atomic E-state index is 0.0468. The number of aromatic carboxylic acids is 1. The molecule has 0 saturated carbocycles. The standard InChI is InChI=1S/C14H8Cl2N2O2S/c15-8-3-1-2-4-10(8)18-11(7-9(17-18)14(19)20)12-5-6-13(16)21-12/h1-7H,(H,19,20). The summed E-state index contributed by atoms with van der Waals surface area (Å²) in [6.07, 6.45) is 0. The monoisotopic (exact) mass is 338 g/mol. The molecular weight excluding hydrogens is 331 g/mol. The van der Waals surface area contributed by atoms with Crippen LogP contribution < -0.4 is 0 Å². The van der Waals surface area contributed by atoms with Gasteiger partial charge in [0.2, 0.25) is 0 Å². The van der Waals surface area contributed by atoms with Gasteiger partial charge in [-0.05, 0) is 24.3 Å². The van der Waals surface area contributed by atoms with Crippen LogP contribution >= 0.6 is 34.5 Å². The summed E-state index contributed by atoms with van der Waals surface area (Å²) < 4.78 is 2.14. The van der Waals surface area contributed by atoms with E-state index in [9.17, 15) is 4.79 Å². The molecule has 0 unspecified atom stereocenters. The molecular formula is C14H8Cl2N2O2S. The second-order valence-corrected chi connectivity index (χ2v) is 6.31. The maximum absolute atomic E-state index is 11.2. The molecule has 4 nitrogen and oxygen atoms in total. The van der Waals surface area contributed by atoms with Crippen LogP contribution in [0.5, 0.6) is 0 Å². The Morgan fingerprint density at radius 2 is 1.95 bits per heavy atom. The van der Waals surface area contributed by atoms with Crippen LogP contribution in [0.2, 0.25) is 9.36 Å². The van der Waals surface area contributed by atoms with E-state index in [0.29, 0.717) is 20.7 Å². The van der Waals surface area contributed by atoms with Crippen LogP contribution in [0.3, 0.4) is 0 Å². The van der Waals surface area contributed by atoms with Crippen molar-refractivity contribution in [1.29, 1.82) is 0 Å². The molecule has 1 N–H and O–H groups in total. The molecule has 0 radical (unpaired) electrons. The second kappa shape index (κ2) is 5.52. The van der Waals surface area contributed by atoms with Crippen molar-refractivity contribution < 1.29 is 9.90 Å². The Labute approximate surface area is 134 Å². The fraction of sp³-hybridized carbons (Fsp3) is 0. The number of nitrogens with zero attached hydrogens (tertiary/aromatic N) is 2. The van der Waals surface area contributed by atoms with Gasteiger partial charge in [-0.3, -0.25) is 0 Å². The molecule has 0 saturated heterocycles. The number of carbonyl (C=O) groups is 1. The van der Waals surface area contributed by atoms with Crippen molar-refractivity contribution in [3.05, 3.63) is 57.5 Å². The van der Waals surface area contributed by atoms with E-state index in [1.54, 1.807) is 24.3 Å². The van der Waals surface area contributed by atoms with Gasteiger partial charge < -0.3 is 5.11 Å². The third kappa shape index (κ3) is 2.68. The Morgan fingerprint density at radius 1 is 1.19 bits per heavy atom. The zero-order valence-electron chi connectivity index (χ0n) is 10.5. The van der Waals surface area contributed by atoms with Crippen LogP contribution in [0, 0.1) is 0 Å². The number of rotatable bonds is 3. The van der Waals surface area contributed by atoms with Gasteiger partial charge in [-0.1, -0.05) is 35.3 Å². The Kier molecular flexibility index (Phi) is 3.71. The number of aromatic nitrogens is 2. The summed E-state index contributed by atoms with van der Waals surface area (Å²) in [5, 5.41) is 13.8. The third-order valence-corrected chi connectivity index (χ3v) is 4.41. The highest BCUT2D eigenvalue weighted by atomic mass is 35.5. The molecule has 0 atom stereocenters. The average molecular weight is 339 g/mol. The Morgan fingerprint density at radius 3 is 2.57 bits per heavy atom. The molecule has 3 aromatic rings. The van der Waals surface area contributed by atoms with Crippen LogP contribution in [0.4, 0.5) is 0 Å². The zero-order valence-corrected chi connectivity index (χ0v) is 12.8. The van der Waals surface area contributed by atoms with Crippen LogP contribution in [-0.4, -0.2) is 20.9 Å². The smallest absolute Gasteiger partial charge is 0.356 e. The lowest BCUT2D eigenvalue weighted by atomic mass is 10.3. The Hall–Kier alpha value is -1.82. The number of halogens is 2. The van der Waals surface area contributed by atoms with Crippen molar-refractivity contribution in [2.45, 2.75) is 0 Å². The first kappa shape index (κ1) is 14.1. The summed E-state index contributed by atoms with van der Waals surface area (Å²) in [5.41, 5.74) is 1.21. The molecule has 7 heteroatoms. The first-order valence-corrected chi connectivity index (χ1v) is 7.47. The van der Waals surface area contributed by atoms with Crippen molar-refractivity contribution in [2.75, 3.05) is 0 Å². The van der Waals surface area contributed by atoms with E-state index >= 15 is 0 Å². The number of hydrogen-bond donors (Lipinski definition) is 1. The van der Waals surface area contributed by atoms with Crippen molar-refractivity contribution in [3.63, 3.8) is 0 Å². The molecule has 0 aliphatic heterocycles.